The molecule has 2 aliphatic heterocycles. The lowest BCUT2D eigenvalue weighted by atomic mass is 9.99. The zero-order valence-electron chi connectivity index (χ0n) is 14.2. The van der Waals surface area contributed by atoms with Crippen LogP contribution in [0.15, 0.2) is 30.3 Å². The summed E-state index contributed by atoms with van der Waals surface area (Å²) in [6.07, 6.45) is 0.826. The summed E-state index contributed by atoms with van der Waals surface area (Å²) in [5.74, 6) is 0.105. The number of hydrogen-bond acceptors (Lipinski definition) is 4. The maximum Gasteiger partial charge on any atom is 0.256 e. The molecule has 2 heterocycles. The minimum Gasteiger partial charge on any atom is -0.454 e. The lowest BCUT2D eigenvalue weighted by Gasteiger charge is -2.21. The third-order valence-corrected chi connectivity index (χ3v) is 4.52. The standard InChI is InChI=1S/C19H17FN2O4/c1-22(9-11-2-4-16-17(6-11)26-10-25-16)19(24)13-7-12-3-5-18(23)21-15(12)8-14(13)20/h2,4,6-8H,3,5,9-10H2,1H3,(H,21,23). The van der Waals surface area contributed by atoms with Crippen LogP contribution in [0.5, 0.6) is 11.5 Å². The predicted molar refractivity (Wildman–Crippen MR) is 91.7 cm³/mol. The van der Waals surface area contributed by atoms with Crippen molar-refractivity contribution in [3.8, 4) is 11.5 Å². The van der Waals surface area contributed by atoms with Gasteiger partial charge in [0.2, 0.25) is 12.7 Å². The van der Waals surface area contributed by atoms with Crippen LogP contribution in [0, 0.1) is 5.82 Å². The highest BCUT2D eigenvalue weighted by atomic mass is 19.1. The van der Waals surface area contributed by atoms with E-state index in [1.807, 2.05) is 12.1 Å². The maximum absolute atomic E-state index is 14.4. The molecule has 0 saturated carbocycles. The van der Waals surface area contributed by atoms with Crippen molar-refractivity contribution in [1.29, 1.82) is 0 Å². The molecule has 2 amide bonds. The smallest absolute Gasteiger partial charge is 0.256 e. The summed E-state index contributed by atoms with van der Waals surface area (Å²) in [5, 5.41) is 2.63. The molecule has 6 nitrogen and oxygen atoms in total. The summed E-state index contributed by atoms with van der Waals surface area (Å²) in [6, 6.07) is 8.19. The molecule has 2 aromatic rings. The number of benzene rings is 2. The monoisotopic (exact) mass is 356 g/mol. The number of ether oxygens (including phenoxy) is 2. The summed E-state index contributed by atoms with van der Waals surface area (Å²) in [4.78, 5) is 25.6. The Morgan fingerprint density at radius 1 is 1.19 bits per heavy atom. The molecule has 26 heavy (non-hydrogen) atoms. The Morgan fingerprint density at radius 3 is 2.85 bits per heavy atom. The van der Waals surface area contributed by atoms with Gasteiger partial charge < -0.3 is 19.7 Å². The Balaban J connectivity index is 1.54. The molecule has 0 saturated heterocycles. The third-order valence-electron chi connectivity index (χ3n) is 4.52. The number of hydrogen-bond donors (Lipinski definition) is 1. The fraction of sp³-hybridized carbons (Fsp3) is 0.263. The van der Waals surface area contributed by atoms with E-state index in [4.69, 9.17) is 9.47 Å². The molecule has 134 valence electrons. The van der Waals surface area contributed by atoms with Crippen molar-refractivity contribution >= 4 is 17.5 Å². The highest BCUT2D eigenvalue weighted by Crippen LogP contribution is 2.33. The number of aryl methyl sites for hydroxylation is 1. The topological polar surface area (TPSA) is 67.9 Å². The van der Waals surface area contributed by atoms with E-state index < -0.39 is 11.7 Å². The second-order valence-electron chi connectivity index (χ2n) is 6.39. The van der Waals surface area contributed by atoms with Crippen LogP contribution in [0.3, 0.4) is 0 Å². The average molecular weight is 356 g/mol. The van der Waals surface area contributed by atoms with Crippen molar-refractivity contribution in [3.63, 3.8) is 0 Å². The maximum atomic E-state index is 14.4. The number of amides is 2. The van der Waals surface area contributed by atoms with Crippen LogP contribution in [-0.4, -0.2) is 30.6 Å². The number of nitrogens with zero attached hydrogens (tertiary/aromatic N) is 1. The molecule has 7 heteroatoms. The average Bonchev–Trinajstić information content (AvgIpc) is 3.08. The fourth-order valence-electron chi connectivity index (χ4n) is 3.16. The van der Waals surface area contributed by atoms with Gasteiger partial charge in [-0.25, -0.2) is 4.39 Å². The fourth-order valence-corrected chi connectivity index (χ4v) is 3.16. The largest absolute Gasteiger partial charge is 0.454 e. The number of carbonyl (C=O) groups excluding carboxylic acids is 2. The summed E-state index contributed by atoms with van der Waals surface area (Å²) in [7, 11) is 1.62. The van der Waals surface area contributed by atoms with Crippen molar-refractivity contribution in [1.82, 2.24) is 4.90 Å². The summed E-state index contributed by atoms with van der Waals surface area (Å²) in [5.41, 5.74) is 2.07. The summed E-state index contributed by atoms with van der Waals surface area (Å²) in [6.45, 7) is 0.493. The second kappa shape index (κ2) is 6.33. The van der Waals surface area contributed by atoms with Gasteiger partial charge >= 0.3 is 0 Å². The van der Waals surface area contributed by atoms with Crippen LogP contribution < -0.4 is 14.8 Å². The summed E-state index contributed by atoms with van der Waals surface area (Å²) >= 11 is 0. The Labute approximate surface area is 149 Å². The van der Waals surface area contributed by atoms with Gasteiger partial charge in [-0.15, -0.1) is 0 Å². The number of halogens is 1. The SMILES string of the molecule is CN(Cc1ccc2c(c1)OCO2)C(=O)c1cc2c(cc1F)NC(=O)CC2. The van der Waals surface area contributed by atoms with Gasteiger partial charge in [0.05, 0.1) is 5.56 Å². The van der Waals surface area contributed by atoms with Crippen LogP contribution in [0.4, 0.5) is 10.1 Å². The van der Waals surface area contributed by atoms with Crippen LogP contribution in [0.25, 0.3) is 0 Å². The number of nitrogens with one attached hydrogen (secondary N) is 1. The molecule has 1 N–H and O–H groups in total. The van der Waals surface area contributed by atoms with E-state index in [-0.39, 0.29) is 18.3 Å². The normalized spacial score (nSPS) is 14.6. The molecule has 0 aromatic heterocycles. The van der Waals surface area contributed by atoms with Crippen LogP contribution in [0.1, 0.15) is 27.9 Å². The van der Waals surface area contributed by atoms with E-state index in [1.165, 1.54) is 17.0 Å². The molecule has 4 rings (SSSR count). The minimum absolute atomic E-state index is 0.00291. The molecule has 0 fully saturated rings. The molecular weight excluding hydrogens is 339 g/mol. The third kappa shape index (κ3) is 2.96. The Bertz CT molecular complexity index is 913. The van der Waals surface area contributed by atoms with Crippen LogP contribution in [-0.2, 0) is 17.8 Å². The van der Waals surface area contributed by atoms with E-state index >= 15 is 0 Å². The molecule has 0 aliphatic carbocycles. The first-order valence-corrected chi connectivity index (χ1v) is 8.27. The first kappa shape index (κ1) is 16.4. The molecule has 0 radical (unpaired) electrons. The predicted octanol–water partition coefficient (Wildman–Crippen LogP) is 2.71. The number of anilines is 1. The van der Waals surface area contributed by atoms with Gasteiger partial charge in [0.15, 0.2) is 11.5 Å². The highest BCUT2D eigenvalue weighted by Gasteiger charge is 2.23. The highest BCUT2D eigenvalue weighted by molar-refractivity contribution is 5.98. The lowest BCUT2D eigenvalue weighted by molar-refractivity contribution is -0.116. The molecule has 0 unspecified atom stereocenters. The van der Waals surface area contributed by atoms with E-state index in [9.17, 15) is 14.0 Å². The van der Waals surface area contributed by atoms with Crippen molar-refractivity contribution in [2.24, 2.45) is 0 Å². The van der Waals surface area contributed by atoms with Crippen LogP contribution in [0.2, 0.25) is 0 Å². The van der Waals surface area contributed by atoms with Crippen molar-refractivity contribution in [2.45, 2.75) is 19.4 Å². The second-order valence-corrected chi connectivity index (χ2v) is 6.39. The van der Waals surface area contributed by atoms with Crippen molar-refractivity contribution < 1.29 is 23.5 Å². The van der Waals surface area contributed by atoms with Crippen molar-refractivity contribution in [3.05, 3.63) is 52.8 Å². The minimum atomic E-state index is -0.645. The first-order chi connectivity index (χ1) is 12.5. The number of rotatable bonds is 3. The molecule has 0 atom stereocenters. The molecule has 0 bridgehead atoms. The quantitative estimate of drug-likeness (QED) is 0.918. The number of carbonyl (C=O) groups is 2. The molecule has 2 aromatic carbocycles. The van der Waals surface area contributed by atoms with E-state index in [0.717, 1.165) is 11.1 Å². The van der Waals surface area contributed by atoms with E-state index in [0.29, 0.717) is 36.6 Å². The lowest BCUT2D eigenvalue weighted by Crippen LogP contribution is -2.28. The summed E-state index contributed by atoms with van der Waals surface area (Å²) < 4.78 is 25.0. The van der Waals surface area contributed by atoms with Gasteiger partial charge in [-0.3, -0.25) is 9.59 Å². The zero-order chi connectivity index (χ0) is 18.3. The van der Waals surface area contributed by atoms with Gasteiger partial charge in [0, 0.05) is 25.7 Å². The van der Waals surface area contributed by atoms with E-state index in [1.54, 1.807) is 13.1 Å². The zero-order valence-corrected chi connectivity index (χ0v) is 14.2. The molecular formula is C19H17FN2O4. The van der Waals surface area contributed by atoms with Gasteiger partial charge in [-0.1, -0.05) is 6.07 Å². The van der Waals surface area contributed by atoms with Gasteiger partial charge in [-0.05, 0) is 41.8 Å². The van der Waals surface area contributed by atoms with Crippen molar-refractivity contribution in [2.75, 3.05) is 19.2 Å². The Morgan fingerprint density at radius 2 is 2.00 bits per heavy atom. The van der Waals surface area contributed by atoms with E-state index in [2.05, 4.69) is 5.32 Å². The van der Waals surface area contributed by atoms with Gasteiger partial charge in [0.1, 0.15) is 5.82 Å². The number of fused-ring (bicyclic) bond motifs is 2. The molecule has 0 spiro atoms. The first-order valence-electron chi connectivity index (χ1n) is 8.27. The van der Waals surface area contributed by atoms with Gasteiger partial charge in [-0.2, -0.15) is 0 Å². The van der Waals surface area contributed by atoms with Gasteiger partial charge in [0.25, 0.3) is 5.91 Å². The Kier molecular flexibility index (Phi) is 3.99. The Hall–Kier alpha value is -3.09. The molecule has 2 aliphatic rings. The van der Waals surface area contributed by atoms with Crippen LogP contribution >= 0.6 is 0 Å².